The van der Waals surface area contributed by atoms with Gasteiger partial charge < -0.3 is 15.4 Å². The molecule has 17 heavy (non-hydrogen) atoms. The van der Waals surface area contributed by atoms with E-state index in [4.69, 9.17) is 4.74 Å². The molecule has 2 saturated heterocycles. The molecule has 98 valence electrons. The van der Waals surface area contributed by atoms with Crippen LogP contribution in [0.25, 0.3) is 0 Å². The van der Waals surface area contributed by atoms with E-state index >= 15 is 0 Å². The molecule has 0 aromatic heterocycles. The summed E-state index contributed by atoms with van der Waals surface area (Å²) >= 11 is 0. The molecule has 0 aliphatic carbocycles. The van der Waals surface area contributed by atoms with Crippen molar-refractivity contribution in [3.8, 4) is 0 Å². The van der Waals surface area contributed by atoms with Crippen LogP contribution >= 0.6 is 0 Å². The summed E-state index contributed by atoms with van der Waals surface area (Å²) in [5.74, 6) is 0.579. The first kappa shape index (κ1) is 12.8. The van der Waals surface area contributed by atoms with Crippen LogP contribution in [0.1, 0.15) is 33.1 Å². The monoisotopic (exact) mass is 240 g/mol. The Labute approximate surface area is 103 Å². The molecule has 0 radical (unpaired) electrons. The van der Waals surface area contributed by atoms with E-state index in [9.17, 15) is 4.79 Å². The van der Waals surface area contributed by atoms with Gasteiger partial charge in [0.05, 0.1) is 11.5 Å². The SMILES string of the molecule is CC(C)C1(C(=O)NCC2CCCO2)CCNC1. The maximum atomic E-state index is 12.4. The van der Waals surface area contributed by atoms with Crippen LogP contribution in [0.2, 0.25) is 0 Å². The highest BCUT2D eigenvalue weighted by Gasteiger charge is 2.43. The van der Waals surface area contributed by atoms with E-state index in [1.807, 2.05) is 0 Å². The van der Waals surface area contributed by atoms with E-state index in [1.165, 1.54) is 0 Å². The molecule has 2 aliphatic rings. The van der Waals surface area contributed by atoms with Crippen LogP contribution in [0.5, 0.6) is 0 Å². The van der Waals surface area contributed by atoms with Gasteiger partial charge in [-0.15, -0.1) is 0 Å². The van der Waals surface area contributed by atoms with E-state index < -0.39 is 0 Å². The lowest BCUT2D eigenvalue weighted by Gasteiger charge is -2.31. The number of hydrogen-bond acceptors (Lipinski definition) is 3. The zero-order valence-electron chi connectivity index (χ0n) is 10.9. The van der Waals surface area contributed by atoms with Crippen molar-refractivity contribution >= 4 is 5.91 Å². The van der Waals surface area contributed by atoms with Crippen molar-refractivity contribution < 1.29 is 9.53 Å². The van der Waals surface area contributed by atoms with Crippen molar-refractivity contribution in [2.45, 2.75) is 39.2 Å². The molecule has 2 N–H and O–H groups in total. The molecular formula is C13H24N2O2. The topological polar surface area (TPSA) is 50.4 Å². The van der Waals surface area contributed by atoms with Crippen molar-refractivity contribution in [2.75, 3.05) is 26.2 Å². The molecule has 0 saturated carbocycles. The van der Waals surface area contributed by atoms with Gasteiger partial charge in [-0.2, -0.15) is 0 Å². The first-order chi connectivity index (χ1) is 8.15. The maximum absolute atomic E-state index is 12.4. The average molecular weight is 240 g/mol. The molecular weight excluding hydrogens is 216 g/mol. The minimum absolute atomic E-state index is 0.202. The van der Waals surface area contributed by atoms with Gasteiger partial charge in [-0.3, -0.25) is 4.79 Å². The minimum Gasteiger partial charge on any atom is -0.376 e. The van der Waals surface area contributed by atoms with E-state index in [-0.39, 0.29) is 17.4 Å². The fourth-order valence-corrected chi connectivity index (χ4v) is 2.85. The second-order valence-corrected chi connectivity index (χ2v) is 5.58. The lowest BCUT2D eigenvalue weighted by molar-refractivity contribution is -0.133. The molecule has 2 unspecified atom stereocenters. The molecule has 2 aliphatic heterocycles. The van der Waals surface area contributed by atoms with Crippen LogP contribution in [0.15, 0.2) is 0 Å². The first-order valence-corrected chi connectivity index (χ1v) is 6.76. The summed E-state index contributed by atoms with van der Waals surface area (Å²) in [6.07, 6.45) is 3.38. The Kier molecular flexibility index (Phi) is 4.05. The van der Waals surface area contributed by atoms with Crippen molar-refractivity contribution in [3.63, 3.8) is 0 Å². The van der Waals surface area contributed by atoms with Crippen LogP contribution in [-0.2, 0) is 9.53 Å². The smallest absolute Gasteiger partial charge is 0.227 e. The van der Waals surface area contributed by atoms with Gasteiger partial charge in [0.2, 0.25) is 5.91 Å². The maximum Gasteiger partial charge on any atom is 0.227 e. The quantitative estimate of drug-likeness (QED) is 0.768. The van der Waals surface area contributed by atoms with E-state index in [0.717, 1.165) is 39.0 Å². The van der Waals surface area contributed by atoms with Crippen molar-refractivity contribution in [2.24, 2.45) is 11.3 Å². The lowest BCUT2D eigenvalue weighted by Crippen LogP contribution is -2.47. The lowest BCUT2D eigenvalue weighted by atomic mass is 9.75. The highest BCUT2D eigenvalue weighted by molar-refractivity contribution is 5.83. The third-order valence-electron chi connectivity index (χ3n) is 4.26. The summed E-state index contributed by atoms with van der Waals surface area (Å²) in [6.45, 7) is 7.55. The van der Waals surface area contributed by atoms with Gasteiger partial charge >= 0.3 is 0 Å². The Morgan fingerprint density at radius 3 is 2.94 bits per heavy atom. The molecule has 2 fully saturated rings. The number of hydrogen-bond donors (Lipinski definition) is 2. The van der Waals surface area contributed by atoms with Crippen molar-refractivity contribution in [1.29, 1.82) is 0 Å². The summed E-state index contributed by atoms with van der Waals surface area (Å²) in [4.78, 5) is 12.4. The largest absolute Gasteiger partial charge is 0.376 e. The Hall–Kier alpha value is -0.610. The molecule has 4 nitrogen and oxygen atoms in total. The summed E-state index contributed by atoms with van der Waals surface area (Å²) < 4.78 is 5.53. The molecule has 1 amide bonds. The number of amides is 1. The summed E-state index contributed by atoms with van der Waals surface area (Å²) in [5.41, 5.74) is -0.210. The second kappa shape index (κ2) is 5.36. The first-order valence-electron chi connectivity index (χ1n) is 6.76. The Morgan fingerprint density at radius 1 is 1.59 bits per heavy atom. The highest BCUT2D eigenvalue weighted by atomic mass is 16.5. The Balaban J connectivity index is 1.88. The molecule has 0 bridgehead atoms. The van der Waals surface area contributed by atoms with Gasteiger partial charge in [0.15, 0.2) is 0 Å². The Bertz CT molecular complexity index is 267. The molecule has 4 heteroatoms. The highest BCUT2D eigenvalue weighted by Crippen LogP contribution is 2.34. The van der Waals surface area contributed by atoms with Crippen LogP contribution in [0.3, 0.4) is 0 Å². The number of carbonyl (C=O) groups excluding carboxylic acids is 1. The van der Waals surface area contributed by atoms with Gasteiger partial charge in [0, 0.05) is 19.7 Å². The molecule has 2 rings (SSSR count). The standard InChI is InChI=1S/C13H24N2O2/c1-10(2)13(5-6-14-9-13)12(16)15-8-11-4-3-7-17-11/h10-11,14H,3-9H2,1-2H3,(H,15,16). The van der Waals surface area contributed by atoms with Crippen molar-refractivity contribution in [3.05, 3.63) is 0 Å². The van der Waals surface area contributed by atoms with Crippen LogP contribution in [-0.4, -0.2) is 38.3 Å². The van der Waals surface area contributed by atoms with Gasteiger partial charge in [0.1, 0.15) is 0 Å². The number of nitrogens with one attached hydrogen (secondary N) is 2. The van der Waals surface area contributed by atoms with Gasteiger partial charge in [0.25, 0.3) is 0 Å². The molecule has 0 aromatic carbocycles. The van der Waals surface area contributed by atoms with E-state index in [1.54, 1.807) is 0 Å². The zero-order valence-corrected chi connectivity index (χ0v) is 10.9. The van der Waals surface area contributed by atoms with Gasteiger partial charge in [-0.1, -0.05) is 13.8 Å². The van der Waals surface area contributed by atoms with Crippen LogP contribution in [0.4, 0.5) is 0 Å². The molecule has 2 atom stereocenters. The minimum atomic E-state index is -0.210. The van der Waals surface area contributed by atoms with E-state index in [2.05, 4.69) is 24.5 Å². The van der Waals surface area contributed by atoms with Crippen LogP contribution < -0.4 is 10.6 Å². The predicted octanol–water partition coefficient (Wildman–Crippen LogP) is 0.917. The summed E-state index contributed by atoms with van der Waals surface area (Å²) in [7, 11) is 0. The number of ether oxygens (including phenoxy) is 1. The fourth-order valence-electron chi connectivity index (χ4n) is 2.85. The third-order valence-corrected chi connectivity index (χ3v) is 4.26. The predicted molar refractivity (Wildman–Crippen MR) is 66.7 cm³/mol. The van der Waals surface area contributed by atoms with E-state index in [0.29, 0.717) is 12.5 Å². The number of carbonyl (C=O) groups is 1. The third kappa shape index (κ3) is 2.63. The fraction of sp³-hybridized carbons (Fsp3) is 0.923. The normalized spacial score (nSPS) is 33.2. The van der Waals surface area contributed by atoms with Gasteiger partial charge in [-0.25, -0.2) is 0 Å². The summed E-state index contributed by atoms with van der Waals surface area (Å²) in [6, 6.07) is 0. The second-order valence-electron chi connectivity index (χ2n) is 5.58. The molecule has 0 spiro atoms. The average Bonchev–Trinajstić information content (AvgIpc) is 2.97. The van der Waals surface area contributed by atoms with Gasteiger partial charge in [-0.05, 0) is 31.7 Å². The number of rotatable bonds is 4. The molecule has 2 heterocycles. The summed E-state index contributed by atoms with van der Waals surface area (Å²) in [5, 5.41) is 6.40. The molecule has 0 aromatic rings. The van der Waals surface area contributed by atoms with Crippen molar-refractivity contribution in [1.82, 2.24) is 10.6 Å². The zero-order chi connectivity index (χ0) is 12.3. The van der Waals surface area contributed by atoms with Crippen LogP contribution in [0, 0.1) is 11.3 Å². The Morgan fingerprint density at radius 2 is 2.41 bits per heavy atom.